The molecule has 0 radical (unpaired) electrons. The predicted octanol–water partition coefficient (Wildman–Crippen LogP) is 3.24. The molecule has 0 spiro atoms. The fraction of sp³-hybridized carbons (Fsp3) is 0.100. The van der Waals surface area contributed by atoms with Crippen molar-refractivity contribution in [2.75, 3.05) is 5.73 Å². The predicted molar refractivity (Wildman–Crippen MR) is 60.7 cm³/mol. The van der Waals surface area contributed by atoms with Gasteiger partial charge in [-0.1, -0.05) is 0 Å². The van der Waals surface area contributed by atoms with Crippen molar-refractivity contribution >= 4 is 21.6 Å². The topological polar surface area (TPSA) is 43.8 Å². The van der Waals surface area contributed by atoms with Crippen molar-refractivity contribution < 1.29 is 13.2 Å². The summed E-state index contributed by atoms with van der Waals surface area (Å²) in [5, 5.41) is 0. The quantitative estimate of drug-likeness (QED) is 0.822. The molecule has 0 atom stereocenters. The number of nitrogens with zero attached hydrogens (tertiary/aromatic N) is 2. The van der Waals surface area contributed by atoms with E-state index in [4.69, 9.17) is 5.73 Å². The van der Waals surface area contributed by atoms with Gasteiger partial charge >= 0.3 is 6.18 Å². The SMILES string of the molecule is Nc1ccc(C(F)(F)F)cc1-n1cnc(Br)c1. The average Bonchev–Trinajstić information content (AvgIpc) is 2.63. The minimum atomic E-state index is -4.39. The number of rotatable bonds is 1. The Morgan fingerprint density at radius 3 is 2.53 bits per heavy atom. The lowest BCUT2D eigenvalue weighted by Crippen LogP contribution is -2.07. The number of halogens is 4. The van der Waals surface area contributed by atoms with Crippen molar-refractivity contribution in [1.29, 1.82) is 0 Å². The molecule has 0 saturated carbocycles. The number of hydrogen-bond acceptors (Lipinski definition) is 2. The van der Waals surface area contributed by atoms with Gasteiger partial charge in [-0.2, -0.15) is 13.2 Å². The zero-order valence-electron chi connectivity index (χ0n) is 8.37. The summed E-state index contributed by atoms with van der Waals surface area (Å²) < 4.78 is 39.6. The number of hydrogen-bond donors (Lipinski definition) is 1. The van der Waals surface area contributed by atoms with Gasteiger partial charge in [0.2, 0.25) is 0 Å². The van der Waals surface area contributed by atoms with Crippen molar-refractivity contribution in [1.82, 2.24) is 9.55 Å². The van der Waals surface area contributed by atoms with Crippen molar-refractivity contribution in [3.63, 3.8) is 0 Å². The van der Waals surface area contributed by atoms with Gasteiger partial charge in [-0.05, 0) is 34.1 Å². The summed E-state index contributed by atoms with van der Waals surface area (Å²) in [5.74, 6) is 0. The summed E-state index contributed by atoms with van der Waals surface area (Å²) in [6.07, 6.45) is -1.47. The highest BCUT2D eigenvalue weighted by molar-refractivity contribution is 9.10. The molecular weight excluding hydrogens is 299 g/mol. The van der Waals surface area contributed by atoms with Crippen molar-refractivity contribution in [2.45, 2.75) is 6.18 Å². The second-order valence-electron chi connectivity index (χ2n) is 3.38. The molecule has 1 aromatic heterocycles. The van der Waals surface area contributed by atoms with E-state index >= 15 is 0 Å². The summed E-state index contributed by atoms with van der Waals surface area (Å²) >= 11 is 3.12. The standard InChI is InChI=1S/C10H7BrF3N3/c11-9-4-17(5-16-9)8-3-6(10(12,13)14)1-2-7(8)15/h1-5H,15H2. The van der Waals surface area contributed by atoms with E-state index in [2.05, 4.69) is 20.9 Å². The molecular formula is C10H7BrF3N3. The van der Waals surface area contributed by atoms with Crippen LogP contribution >= 0.6 is 15.9 Å². The van der Waals surface area contributed by atoms with Crippen LogP contribution in [0.25, 0.3) is 5.69 Å². The van der Waals surface area contributed by atoms with Gasteiger partial charge in [0.15, 0.2) is 0 Å². The van der Waals surface area contributed by atoms with Gasteiger partial charge in [0, 0.05) is 6.20 Å². The highest BCUT2D eigenvalue weighted by Crippen LogP contribution is 2.32. The van der Waals surface area contributed by atoms with Gasteiger partial charge in [-0.3, -0.25) is 0 Å². The van der Waals surface area contributed by atoms with Crippen LogP contribution in [0.1, 0.15) is 5.56 Å². The minimum Gasteiger partial charge on any atom is -0.397 e. The maximum absolute atomic E-state index is 12.5. The number of anilines is 1. The Labute approximate surface area is 103 Å². The normalized spacial score (nSPS) is 11.8. The second kappa shape index (κ2) is 4.06. The van der Waals surface area contributed by atoms with Crippen LogP contribution in [0.3, 0.4) is 0 Å². The molecule has 0 aliphatic rings. The first kappa shape index (κ1) is 12.0. The molecule has 0 unspecified atom stereocenters. The molecule has 2 N–H and O–H groups in total. The number of imidazole rings is 1. The molecule has 0 aliphatic heterocycles. The molecule has 2 rings (SSSR count). The smallest absolute Gasteiger partial charge is 0.397 e. The fourth-order valence-electron chi connectivity index (χ4n) is 1.37. The Morgan fingerprint density at radius 1 is 1.29 bits per heavy atom. The zero-order valence-corrected chi connectivity index (χ0v) is 9.96. The van der Waals surface area contributed by atoms with E-state index in [0.29, 0.717) is 4.60 Å². The lowest BCUT2D eigenvalue weighted by molar-refractivity contribution is -0.137. The highest BCUT2D eigenvalue weighted by Gasteiger charge is 2.31. The molecule has 0 bridgehead atoms. The average molecular weight is 306 g/mol. The van der Waals surface area contributed by atoms with E-state index in [9.17, 15) is 13.2 Å². The minimum absolute atomic E-state index is 0.248. The van der Waals surface area contributed by atoms with E-state index < -0.39 is 11.7 Å². The van der Waals surface area contributed by atoms with Gasteiger partial charge in [0.25, 0.3) is 0 Å². The fourth-order valence-corrected chi connectivity index (χ4v) is 1.69. The maximum Gasteiger partial charge on any atom is 0.416 e. The van der Waals surface area contributed by atoms with Crippen LogP contribution in [0.4, 0.5) is 18.9 Å². The largest absolute Gasteiger partial charge is 0.416 e. The van der Waals surface area contributed by atoms with Crippen LogP contribution in [0.15, 0.2) is 35.3 Å². The van der Waals surface area contributed by atoms with Crippen molar-refractivity contribution in [2.24, 2.45) is 0 Å². The third kappa shape index (κ3) is 2.44. The first-order valence-electron chi connectivity index (χ1n) is 4.54. The van der Waals surface area contributed by atoms with E-state index in [1.807, 2.05) is 0 Å². The summed E-state index contributed by atoms with van der Waals surface area (Å²) in [6, 6.07) is 3.17. The molecule has 0 fully saturated rings. The summed E-state index contributed by atoms with van der Waals surface area (Å²) in [7, 11) is 0. The van der Waals surface area contributed by atoms with Gasteiger partial charge < -0.3 is 10.3 Å². The van der Waals surface area contributed by atoms with Gasteiger partial charge in [-0.15, -0.1) is 0 Å². The molecule has 1 aromatic carbocycles. The van der Waals surface area contributed by atoms with Gasteiger partial charge in [0.05, 0.1) is 16.9 Å². The van der Waals surface area contributed by atoms with E-state index in [0.717, 1.165) is 12.1 Å². The third-order valence-corrected chi connectivity index (χ3v) is 2.60. The highest BCUT2D eigenvalue weighted by atomic mass is 79.9. The Hall–Kier alpha value is -1.50. The summed E-state index contributed by atoms with van der Waals surface area (Å²) in [4.78, 5) is 3.87. The Balaban J connectivity index is 2.54. The number of alkyl halides is 3. The monoisotopic (exact) mass is 305 g/mol. The van der Waals surface area contributed by atoms with Crippen LogP contribution < -0.4 is 5.73 Å². The lowest BCUT2D eigenvalue weighted by Gasteiger charge is -2.11. The van der Waals surface area contributed by atoms with Crippen LogP contribution in [0.5, 0.6) is 0 Å². The molecule has 17 heavy (non-hydrogen) atoms. The summed E-state index contributed by atoms with van der Waals surface area (Å²) in [6.45, 7) is 0. The van der Waals surface area contributed by atoms with Gasteiger partial charge in [0.1, 0.15) is 10.9 Å². The molecule has 1 heterocycles. The van der Waals surface area contributed by atoms with E-state index in [-0.39, 0.29) is 11.4 Å². The molecule has 0 amide bonds. The van der Waals surface area contributed by atoms with Crippen molar-refractivity contribution in [3.05, 3.63) is 40.9 Å². The van der Waals surface area contributed by atoms with Crippen molar-refractivity contribution in [3.8, 4) is 5.69 Å². The van der Waals surface area contributed by atoms with E-state index in [1.165, 1.54) is 23.2 Å². The number of nitrogen functional groups attached to an aromatic ring is 1. The molecule has 90 valence electrons. The third-order valence-electron chi connectivity index (χ3n) is 2.19. The van der Waals surface area contributed by atoms with Crippen LogP contribution in [-0.2, 0) is 6.18 Å². The Bertz CT molecular complexity index is 548. The number of aromatic nitrogens is 2. The van der Waals surface area contributed by atoms with Crippen LogP contribution in [0.2, 0.25) is 0 Å². The first-order valence-corrected chi connectivity index (χ1v) is 5.34. The molecule has 3 nitrogen and oxygen atoms in total. The number of benzene rings is 1. The number of nitrogens with two attached hydrogens (primary N) is 1. The van der Waals surface area contributed by atoms with Crippen LogP contribution in [0, 0.1) is 0 Å². The Morgan fingerprint density at radius 2 is 2.00 bits per heavy atom. The van der Waals surface area contributed by atoms with Gasteiger partial charge in [-0.25, -0.2) is 4.98 Å². The Kier molecular flexibility index (Phi) is 2.86. The maximum atomic E-state index is 12.5. The molecule has 0 aliphatic carbocycles. The molecule has 0 saturated heterocycles. The summed E-state index contributed by atoms with van der Waals surface area (Å²) in [5.41, 5.74) is 5.40. The molecule has 2 aromatic rings. The first-order chi connectivity index (χ1) is 7.88. The van der Waals surface area contributed by atoms with E-state index in [1.54, 1.807) is 0 Å². The zero-order chi connectivity index (χ0) is 12.6. The second-order valence-corrected chi connectivity index (χ2v) is 4.19. The lowest BCUT2D eigenvalue weighted by atomic mass is 10.1. The van der Waals surface area contributed by atoms with Crippen LogP contribution in [-0.4, -0.2) is 9.55 Å². The molecule has 7 heteroatoms.